The second kappa shape index (κ2) is 62.8. The lowest BCUT2D eigenvalue weighted by Gasteiger charge is -2.39. The Morgan fingerprint density at radius 1 is 0.231 bits per heavy atom. The molecule has 0 unspecified atom stereocenters. The van der Waals surface area contributed by atoms with Gasteiger partial charge in [0.2, 0.25) is 0 Å². The van der Waals surface area contributed by atoms with Crippen LogP contribution in [0, 0.1) is 0 Å². The summed E-state index contributed by atoms with van der Waals surface area (Å²) in [5, 5.41) is 0. The van der Waals surface area contributed by atoms with E-state index in [4.69, 9.17) is 19.2 Å². The van der Waals surface area contributed by atoms with E-state index in [1.54, 1.807) is 0 Å². The van der Waals surface area contributed by atoms with Crippen LogP contribution in [0.15, 0.2) is 0 Å². The van der Waals surface area contributed by atoms with Crippen LogP contribution in [-0.2, 0) is 4.57 Å². The Labute approximate surface area is 488 Å². The molecule has 0 aliphatic heterocycles. The quantitative estimate of drug-likeness (QED) is 0.0263. The van der Waals surface area contributed by atoms with E-state index in [0.717, 1.165) is 0 Å². The van der Waals surface area contributed by atoms with Gasteiger partial charge in [0.15, 0.2) is 0 Å². The van der Waals surface area contributed by atoms with Crippen LogP contribution in [0.3, 0.4) is 0 Å². The van der Waals surface area contributed by atoms with Crippen molar-refractivity contribution in [2.45, 2.75) is 316 Å². The maximum atomic E-state index is 9.75. The molecule has 78 heavy (non-hydrogen) atoms. The van der Waals surface area contributed by atoms with E-state index in [0.29, 0.717) is 0 Å². The molecular formula is C64H144BF4N4O4P. The van der Waals surface area contributed by atoms with Gasteiger partial charge in [-0.25, -0.2) is 0 Å². The van der Waals surface area contributed by atoms with Crippen molar-refractivity contribution < 1.29 is 54.4 Å². The van der Waals surface area contributed by atoms with Crippen molar-refractivity contribution in [3.63, 3.8) is 0 Å². The molecule has 480 valence electrons. The van der Waals surface area contributed by atoms with E-state index in [1.165, 1.54) is 328 Å². The molecule has 8 nitrogen and oxygen atoms in total. The zero-order chi connectivity index (χ0) is 60.9. The summed E-state index contributed by atoms with van der Waals surface area (Å²) in [5.74, 6) is 0. The number of quaternary nitrogens is 4. The van der Waals surface area contributed by atoms with Crippen molar-refractivity contribution in [1.82, 2.24) is 0 Å². The van der Waals surface area contributed by atoms with Gasteiger partial charge in [0.05, 0.1) is 105 Å². The van der Waals surface area contributed by atoms with Crippen LogP contribution < -0.4 is 14.7 Å². The van der Waals surface area contributed by atoms with E-state index < -0.39 is 15.1 Å². The molecule has 0 amide bonds. The average Bonchev–Trinajstić information content (AvgIpc) is 3.41. The third kappa shape index (κ3) is 66.5. The summed E-state index contributed by atoms with van der Waals surface area (Å²) in [6.45, 7) is 60.1. The molecule has 0 radical (unpaired) electrons. The SMILES string of the molecule is CCCC[N+](CCCC)(CCCC)CCCC.CCCC[N+](CCCC)(CCCC)CCCC.CCCC[N+](CCCC)(CCCC)CCCC.CCCC[N+](CCCC)(CCCC)CCCC.F[B-](F)(F)F.O=P([O-])([O-])[O-]. The predicted octanol–water partition coefficient (Wildman–Crippen LogP) is 18.5. The lowest BCUT2D eigenvalue weighted by atomic mass is 10.1. The fraction of sp³-hybridized carbons (Fsp3) is 1.00. The average molecular weight is 1150 g/mol. The molecule has 0 aliphatic carbocycles. The molecule has 0 N–H and O–H groups in total. The van der Waals surface area contributed by atoms with E-state index in [1.807, 2.05) is 0 Å². The van der Waals surface area contributed by atoms with Gasteiger partial charge in [0.25, 0.3) is 0 Å². The van der Waals surface area contributed by atoms with E-state index >= 15 is 0 Å². The van der Waals surface area contributed by atoms with Crippen molar-refractivity contribution in [1.29, 1.82) is 0 Å². The van der Waals surface area contributed by atoms with Crippen molar-refractivity contribution in [2.24, 2.45) is 0 Å². The van der Waals surface area contributed by atoms with Gasteiger partial charge in [0, 0.05) is 0 Å². The highest BCUT2D eigenvalue weighted by Gasteiger charge is 2.28. The third-order valence-corrected chi connectivity index (χ3v) is 15.8. The normalized spacial score (nSPS) is 12.0. The molecule has 0 aromatic rings. The number of hydrogen-bond donors (Lipinski definition) is 0. The number of hydrogen-bond acceptors (Lipinski definition) is 4. The number of phosphoric acid groups is 1. The van der Waals surface area contributed by atoms with Crippen LogP contribution in [0.4, 0.5) is 17.3 Å². The van der Waals surface area contributed by atoms with Gasteiger partial charge in [-0.2, -0.15) is 7.82 Å². The Morgan fingerprint density at radius 3 is 0.321 bits per heavy atom. The minimum Gasteiger partial charge on any atom is -0.822 e. The number of nitrogens with zero attached hydrogens (tertiary/aromatic N) is 4. The Bertz CT molecular complexity index is 881. The molecule has 0 heterocycles. The second-order valence-electron chi connectivity index (χ2n) is 23.5. The third-order valence-electron chi connectivity index (χ3n) is 15.8. The standard InChI is InChI=1S/4C16H36N.BF4.H3O4P/c4*1-5-9-13-17(14-10-6-2,15-11-7-3)16-12-8-4;2-1(3,4)5;1-5(2,3)4/h4*5-16H2,1-4H3;;(H3,1,2,3,4)/q4*+1;-1;/p-3. The smallest absolute Gasteiger partial charge is 0.673 e. The summed E-state index contributed by atoms with van der Waals surface area (Å²) in [5.41, 5.74) is 0. The Kier molecular flexibility index (Phi) is 71.6. The molecule has 0 saturated heterocycles. The van der Waals surface area contributed by atoms with E-state index in [9.17, 15) is 17.3 Å². The highest BCUT2D eigenvalue weighted by molar-refractivity contribution is 7.40. The zero-order valence-corrected chi connectivity index (χ0v) is 56.8. The first-order chi connectivity index (χ1) is 37.0. The monoisotopic (exact) mass is 1150 g/mol. The molecule has 14 heteroatoms. The maximum Gasteiger partial charge on any atom is 0.673 e. The predicted molar refractivity (Wildman–Crippen MR) is 335 cm³/mol. The molecule has 0 saturated carbocycles. The number of unbranched alkanes of at least 4 members (excludes halogenated alkanes) is 16. The molecule has 0 bridgehead atoms. The maximum absolute atomic E-state index is 9.75. The molecule has 0 aromatic heterocycles. The first kappa shape index (κ1) is 88.9. The van der Waals surface area contributed by atoms with Gasteiger partial charge in [-0.3, -0.25) is 0 Å². The molecule has 0 aliphatic rings. The Hall–Kier alpha value is -0.265. The summed E-state index contributed by atoms with van der Waals surface area (Å²) in [6, 6.07) is 0. The molecule has 0 aromatic carbocycles. The first-order valence-corrected chi connectivity index (χ1v) is 35.4. The molecular weight excluding hydrogens is 1010 g/mol. The summed E-state index contributed by atoms with van der Waals surface area (Å²) in [7, 11) is -11.4. The molecule has 0 rings (SSSR count). The van der Waals surface area contributed by atoms with Crippen LogP contribution in [0.5, 0.6) is 0 Å². The van der Waals surface area contributed by atoms with Gasteiger partial charge in [-0.05, 0) is 103 Å². The lowest BCUT2D eigenvalue weighted by Crippen LogP contribution is -2.50. The van der Waals surface area contributed by atoms with Gasteiger partial charge < -0.3 is 54.4 Å². The van der Waals surface area contributed by atoms with Crippen LogP contribution in [0.2, 0.25) is 0 Å². The fourth-order valence-corrected chi connectivity index (χ4v) is 10.6. The van der Waals surface area contributed by atoms with Gasteiger partial charge in [0.1, 0.15) is 0 Å². The Balaban J connectivity index is -0.000000209. The highest BCUT2D eigenvalue weighted by Crippen LogP contribution is 2.20. The zero-order valence-electron chi connectivity index (χ0n) is 55.9. The summed E-state index contributed by atoms with van der Waals surface area (Å²) in [4.78, 5) is 25.6. The van der Waals surface area contributed by atoms with Crippen LogP contribution in [0.25, 0.3) is 0 Å². The minimum atomic E-state index is -6.00. The van der Waals surface area contributed by atoms with Crippen molar-refractivity contribution in [3.05, 3.63) is 0 Å². The minimum absolute atomic E-state index is 1.35. The van der Waals surface area contributed by atoms with E-state index in [2.05, 4.69) is 111 Å². The lowest BCUT2D eigenvalue weighted by molar-refractivity contribution is -0.929. The van der Waals surface area contributed by atoms with Crippen LogP contribution in [-0.4, -0.2) is 130 Å². The van der Waals surface area contributed by atoms with Crippen molar-refractivity contribution >= 4 is 15.1 Å². The largest absolute Gasteiger partial charge is 0.822 e. The van der Waals surface area contributed by atoms with Gasteiger partial charge in [-0.1, -0.05) is 214 Å². The molecule has 0 spiro atoms. The summed E-state index contributed by atoms with van der Waals surface area (Å²) >= 11 is 0. The molecule has 0 fully saturated rings. The van der Waals surface area contributed by atoms with Gasteiger partial charge in [-0.15, -0.1) is 0 Å². The molecule has 0 atom stereocenters. The van der Waals surface area contributed by atoms with Crippen molar-refractivity contribution in [3.8, 4) is 0 Å². The van der Waals surface area contributed by atoms with Crippen molar-refractivity contribution in [2.75, 3.05) is 105 Å². The second-order valence-corrected chi connectivity index (χ2v) is 24.4. The number of rotatable bonds is 48. The first-order valence-electron chi connectivity index (χ1n) is 34.0. The van der Waals surface area contributed by atoms with E-state index in [-0.39, 0.29) is 0 Å². The fourth-order valence-electron chi connectivity index (χ4n) is 10.6. The topological polar surface area (TPSA) is 86.2 Å². The highest BCUT2D eigenvalue weighted by atomic mass is 31.2. The summed E-state index contributed by atoms with van der Waals surface area (Å²) in [6.07, 6.45) is 44.2. The number of halogens is 4. The van der Waals surface area contributed by atoms with Crippen LogP contribution in [0.1, 0.15) is 316 Å². The van der Waals surface area contributed by atoms with Crippen LogP contribution >= 0.6 is 7.82 Å². The summed E-state index contributed by atoms with van der Waals surface area (Å²) < 4.78 is 53.2. The van der Waals surface area contributed by atoms with Gasteiger partial charge >= 0.3 is 7.25 Å². The Morgan fingerprint density at radius 2 is 0.282 bits per heavy atom.